The van der Waals surface area contributed by atoms with E-state index in [1.165, 1.54) is 23.5 Å². The zero-order valence-electron chi connectivity index (χ0n) is 14.4. The highest BCUT2D eigenvalue weighted by Gasteiger charge is 2.15. The standard InChI is InChI=1S/C18H14ClN3O5S/c19-12-6-5-11(9-14(12)22(25)26)20-16(23)10-27-18(24)8-7-17-21-13-3-1-2-4-15(13)28-17/h1-6,9H,7-8,10H2,(H,20,23). The quantitative estimate of drug-likeness (QED) is 0.352. The molecule has 28 heavy (non-hydrogen) atoms. The Morgan fingerprint density at radius 2 is 2.04 bits per heavy atom. The predicted molar refractivity (Wildman–Crippen MR) is 106 cm³/mol. The Morgan fingerprint density at radius 1 is 1.25 bits per heavy atom. The summed E-state index contributed by atoms with van der Waals surface area (Å²) < 4.78 is 5.98. The van der Waals surface area contributed by atoms with E-state index in [0.29, 0.717) is 6.42 Å². The average Bonchev–Trinajstić information content (AvgIpc) is 3.09. The lowest BCUT2D eigenvalue weighted by Crippen LogP contribution is -2.21. The number of halogens is 1. The maximum atomic E-state index is 11.9. The fraction of sp³-hybridized carbons (Fsp3) is 0.167. The number of fused-ring (bicyclic) bond motifs is 1. The number of ether oxygens (including phenoxy) is 1. The number of carbonyl (C=O) groups is 2. The number of nitro benzene ring substituents is 1. The monoisotopic (exact) mass is 419 g/mol. The number of benzene rings is 2. The van der Waals surface area contributed by atoms with E-state index in [-0.39, 0.29) is 22.8 Å². The van der Waals surface area contributed by atoms with Crippen molar-refractivity contribution >= 4 is 56.4 Å². The van der Waals surface area contributed by atoms with Crippen LogP contribution < -0.4 is 5.32 Å². The smallest absolute Gasteiger partial charge is 0.306 e. The molecule has 0 atom stereocenters. The first kappa shape index (κ1) is 19.7. The number of aromatic nitrogens is 1. The Labute approximate surface area is 168 Å². The summed E-state index contributed by atoms with van der Waals surface area (Å²) in [6, 6.07) is 11.5. The number of hydrogen-bond donors (Lipinski definition) is 1. The van der Waals surface area contributed by atoms with Gasteiger partial charge in [-0.3, -0.25) is 19.7 Å². The number of aryl methyl sites for hydroxylation is 1. The number of thiazole rings is 1. The molecule has 1 heterocycles. The molecule has 0 fully saturated rings. The Morgan fingerprint density at radius 3 is 2.79 bits per heavy atom. The van der Waals surface area contributed by atoms with Gasteiger partial charge in [0, 0.05) is 18.2 Å². The Hall–Kier alpha value is -3.04. The number of para-hydroxylation sites is 1. The molecule has 1 N–H and O–H groups in total. The first-order valence-corrected chi connectivity index (χ1v) is 9.35. The molecule has 0 aliphatic carbocycles. The van der Waals surface area contributed by atoms with Crippen molar-refractivity contribution in [2.75, 3.05) is 11.9 Å². The van der Waals surface area contributed by atoms with Crippen LogP contribution in [0.3, 0.4) is 0 Å². The second kappa shape index (κ2) is 8.77. The Kier molecular flexibility index (Phi) is 6.17. The van der Waals surface area contributed by atoms with Gasteiger partial charge in [0.2, 0.25) is 0 Å². The number of nitrogens with zero attached hydrogens (tertiary/aromatic N) is 2. The maximum absolute atomic E-state index is 11.9. The molecule has 0 radical (unpaired) electrons. The third-order valence-corrected chi connectivity index (χ3v) is 5.09. The fourth-order valence-corrected chi connectivity index (χ4v) is 3.53. The molecule has 1 amide bonds. The van der Waals surface area contributed by atoms with Crippen LogP contribution in [-0.2, 0) is 20.7 Å². The SMILES string of the molecule is O=C(COC(=O)CCc1nc2ccccc2s1)Nc1ccc(Cl)c([N+](=O)[O-])c1. The number of nitrogens with one attached hydrogen (secondary N) is 1. The molecule has 0 unspecified atom stereocenters. The second-order valence-electron chi connectivity index (χ2n) is 5.71. The summed E-state index contributed by atoms with van der Waals surface area (Å²) in [6.07, 6.45) is 0.517. The summed E-state index contributed by atoms with van der Waals surface area (Å²) in [4.78, 5) is 38.4. The fourth-order valence-electron chi connectivity index (χ4n) is 2.38. The number of carbonyl (C=O) groups excluding carboxylic acids is 2. The number of anilines is 1. The number of rotatable bonds is 7. The lowest BCUT2D eigenvalue weighted by atomic mass is 10.3. The zero-order chi connectivity index (χ0) is 20.1. The van der Waals surface area contributed by atoms with Crippen LogP contribution in [0, 0.1) is 10.1 Å². The first-order valence-electron chi connectivity index (χ1n) is 8.16. The van der Waals surface area contributed by atoms with Crippen molar-refractivity contribution in [1.82, 2.24) is 4.98 Å². The summed E-state index contributed by atoms with van der Waals surface area (Å²) in [5, 5.41) is 14.1. The van der Waals surface area contributed by atoms with Gasteiger partial charge < -0.3 is 10.1 Å². The molecule has 0 aliphatic heterocycles. The maximum Gasteiger partial charge on any atom is 0.306 e. The molecule has 8 nitrogen and oxygen atoms in total. The van der Waals surface area contributed by atoms with E-state index in [0.717, 1.165) is 21.3 Å². The molecule has 10 heteroatoms. The molecule has 0 saturated heterocycles. The molecule has 0 spiro atoms. The predicted octanol–water partition coefficient (Wildman–Crippen LogP) is 3.97. The molecule has 0 saturated carbocycles. The summed E-state index contributed by atoms with van der Waals surface area (Å²) in [5.74, 6) is -1.14. The van der Waals surface area contributed by atoms with Crippen LogP contribution in [0.15, 0.2) is 42.5 Å². The molecule has 1 aromatic heterocycles. The van der Waals surface area contributed by atoms with E-state index >= 15 is 0 Å². The van der Waals surface area contributed by atoms with Gasteiger partial charge in [-0.25, -0.2) is 4.98 Å². The highest BCUT2D eigenvalue weighted by Crippen LogP contribution is 2.27. The molecule has 0 bridgehead atoms. The van der Waals surface area contributed by atoms with E-state index in [1.807, 2.05) is 24.3 Å². The van der Waals surface area contributed by atoms with E-state index in [2.05, 4.69) is 10.3 Å². The lowest BCUT2D eigenvalue weighted by molar-refractivity contribution is -0.384. The number of hydrogen-bond acceptors (Lipinski definition) is 7. The van der Waals surface area contributed by atoms with Crippen molar-refractivity contribution < 1.29 is 19.2 Å². The minimum absolute atomic E-state index is 0.0377. The Balaban J connectivity index is 1.47. The third-order valence-electron chi connectivity index (χ3n) is 3.67. The normalized spacial score (nSPS) is 10.6. The van der Waals surface area contributed by atoms with Crippen molar-refractivity contribution in [2.45, 2.75) is 12.8 Å². The van der Waals surface area contributed by atoms with Gasteiger partial charge in [0.05, 0.1) is 26.6 Å². The van der Waals surface area contributed by atoms with Crippen LogP contribution in [-0.4, -0.2) is 28.4 Å². The summed E-state index contributed by atoms with van der Waals surface area (Å²) in [5.41, 5.74) is 0.742. The van der Waals surface area contributed by atoms with E-state index in [4.69, 9.17) is 16.3 Å². The zero-order valence-corrected chi connectivity index (χ0v) is 16.0. The molecule has 144 valence electrons. The van der Waals surface area contributed by atoms with Gasteiger partial charge in [0.25, 0.3) is 11.6 Å². The summed E-state index contributed by atoms with van der Waals surface area (Å²) in [7, 11) is 0. The van der Waals surface area contributed by atoms with Gasteiger partial charge in [-0.15, -0.1) is 11.3 Å². The minimum atomic E-state index is -0.653. The third kappa shape index (κ3) is 5.02. The van der Waals surface area contributed by atoms with Crippen LogP contribution in [0.4, 0.5) is 11.4 Å². The van der Waals surface area contributed by atoms with Crippen LogP contribution in [0.5, 0.6) is 0 Å². The van der Waals surface area contributed by atoms with Gasteiger partial charge >= 0.3 is 5.97 Å². The molecule has 0 aliphatic rings. The van der Waals surface area contributed by atoms with Gasteiger partial charge in [-0.05, 0) is 24.3 Å². The van der Waals surface area contributed by atoms with Crippen LogP contribution in [0.25, 0.3) is 10.2 Å². The van der Waals surface area contributed by atoms with Gasteiger partial charge in [-0.1, -0.05) is 23.7 Å². The van der Waals surface area contributed by atoms with Crippen molar-refractivity contribution in [3.63, 3.8) is 0 Å². The van der Waals surface area contributed by atoms with Crippen LogP contribution >= 0.6 is 22.9 Å². The first-order chi connectivity index (χ1) is 13.4. The van der Waals surface area contributed by atoms with Crippen LogP contribution in [0.1, 0.15) is 11.4 Å². The van der Waals surface area contributed by atoms with Crippen molar-refractivity contribution in [3.05, 3.63) is 62.6 Å². The lowest BCUT2D eigenvalue weighted by Gasteiger charge is -2.06. The highest BCUT2D eigenvalue weighted by molar-refractivity contribution is 7.18. The summed E-state index contributed by atoms with van der Waals surface area (Å²) >= 11 is 7.22. The molecule has 3 rings (SSSR count). The number of esters is 1. The second-order valence-corrected chi connectivity index (χ2v) is 7.23. The highest BCUT2D eigenvalue weighted by atomic mass is 35.5. The van der Waals surface area contributed by atoms with Gasteiger partial charge in [0.1, 0.15) is 5.02 Å². The average molecular weight is 420 g/mol. The Bertz CT molecular complexity index is 1020. The van der Waals surface area contributed by atoms with Gasteiger partial charge in [0.15, 0.2) is 6.61 Å². The summed E-state index contributed by atoms with van der Waals surface area (Å²) in [6.45, 7) is -0.491. The van der Waals surface area contributed by atoms with Gasteiger partial charge in [-0.2, -0.15) is 0 Å². The number of nitro groups is 1. The minimum Gasteiger partial charge on any atom is -0.456 e. The van der Waals surface area contributed by atoms with Crippen LogP contribution in [0.2, 0.25) is 5.02 Å². The number of amides is 1. The van der Waals surface area contributed by atoms with Crippen molar-refractivity contribution in [1.29, 1.82) is 0 Å². The molecular formula is C18H14ClN3O5S. The molecule has 2 aromatic carbocycles. The van der Waals surface area contributed by atoms with Crippen molar-refractivity contribution in [2.24, 2.45) is 0 Å². The van der Waals surface area contributed by atoms with E-state index in [1.54, 1.807) is 0 Å². The largest absolute Gasteiger partial charge is 0.456 e. The topological polar surface area (TPSA) is 111 Å². The van der Waals surface area contributed by atoms with E-state index in [9.17, 15) is 19.7 Å². The molecular weight excluding hydrogens is 406 g/mol. The molecule has 3 aromatic rings. The van der Waals surface area contributed by atoms with Crippen molar-refractivity contribution in [3.8, 4) is 0 Å². The van der Waals surface area contributed by atoms with E-state index < -0.39 is 23.4 Å².